The summed E-state index contributed by atoms with van der Waals surface area (Å²) >= 11 is 0. The number of para-hydroxylation sites is 4. The van der Waals surface area contributed by atoms with Crippen LogP contribution in [0.1, 0.15) is 11.1 Å². The molecule has 0 saturated heterocycles. The minimum absolute atomic E-state index is 0.828. The SMILES string of the molecule is Cc1ccc(N(c2cc(-c3ccccc3)c3ccc4c(N(c5ccc(C)c(-c6ccccc6)c5)c5cccc6c5oc5ccccc56)cc(-c5ccccc5)c5ccc2c3c54)c2cccc3c2oc2ccccc23)cc1-c1ccccc1. The Morgan fingerprint density at radius 2 is 0.585 bits per heavy atom. The van der Waals surface area contributed by atoms with Crippen LogP contribution < -0.4 is 9.80 Å². The molecule has 0 amide bonds. The third-order valence-corrected chi connectivity index (χ3v) is 16.9. The second-order valence-electron chi connectivity index (χ2n) is 21.6. The highest BCUT2D eigenvalue weighted by molar-refractivity contribution is 6.33. The van der Waals surface area contributed by atoms with E-state index in [2.05, 4.69) is 303 Å². The number of hydrogen-bond donors (Lipinski definition) is 0. The first-order valence-electron chi connectivity index (χ1n) is 28.1. The van der Waals surface area contributed by atoms with Gasteiger partial charge in [-0.25, -0.2) is 0 Å². The summed E-state index contributed by atoms with van der Waals surface area (Å²) in [5.74, 6) is 0. The maximum absolute atomic E-state index is 7.02. The highest BCUT2D eigenvalue weighted by Gasteiger charge is 2.29. The molecule has 4 nitrogen and oxygen atoms in total. The molecule has 2 aromatic heterocycles. The minimum atomic E-state index is 0.828. The second kappa shape index (κ2) is 19.0. The van der Waals surface area contributed by atoms with Gasteiger partial charge in [0.25, 0.3) is 0 Å². The van der Waals surface area contributed by atoms with E-state index in [9.17, 15) is 0 Å². The van der Waals surface area contributed by atoms with Gasteiger partial charge in [0.1, 0.15) is 11.2 Å². The average molecular weight is 1050 g/mol. The standard InChI is InChI=1S/C78H52N2O2/c1-49-37-39-55(45-65(49)51-21-7-3-8-22-51)79(69-33-19-31-61-57-29-15-17-35-73(57)81-77(61)69)71-47-67(53-25-11-5-12-26-53)59-42-44-64-72(48-68(54-27-13-6-14-28-54)60-41-43-63(71)75(59)76(60)64)80(56-40-38-50(2)66(46-56)52-23-9-4-10-24-52)70-34-20-32-62-58-30-16-18-36-74(58)82-78(62)70/h3-48H,1-2H3. The van der Waals surface area contributed by atoms with Crippen LogP contribution in [0.2, 0.25) is 0 Å². The lowest BCUT2D eigenvalue weighted by atomic mass is 9.85. The summed E-state index contributed by atoms with van der Waals surface area (Å²) in [6.45, 7) is 4.41. The Morgan fingerprint density at radius 1 is 0.244 bits per heavy atom. The van der Waals surface area contributed by atoms with Gasteiger partial charge in [-0.05, 0) is 141 Å². The predicted octanol–water partition coefficient (Wildman–Crippen LogP) is 22.6. The lowest BCUT2D eigenvalue weighted by Crippen LogP contribution is -2.13. The van der Waals surface area contributed by atoms with Crippen LogP contribution in [0.3, 0.4) is 0 Å². The molecule has 0 saturated carbocycles. The van der Waals surface area contributed by atoms with Gasteiger partial charge >= 0.3 is 0 Å². The number of furan rings is 2. The van der Waals surface area contributed by atoms with Gasteiger partial charge in [0.15, 0.2) is 11.2 Å². The Kier molecular flexibility index (Phi) is 11.0. The van der Waals surface area contributed by atoms with Gasteiger partial charge in [0.2, 0.25) is 0 Å². The van der Waals surface area contributed by atoms with Crippen molar-refractivity contribution in [1.29, 1.82) is 0 Å². The molecule has 0 atom stereocenters. The Hall–Kier alpha value is -10.7. The number of aryl methyl sites for hydroxylation is 2. The summed E-state index contributed by atoms with van der Waals surface area (Å²) in [5.41, 5.74) is 21.0. The lowest BCUT2D eigenvalue weighted by Gasteiger charge is -2.31. The number of rotatable bonds is 10. The molecule has 0 unspecified atom stereocenters. The summed E-state index contributed by atoms with van der Waals surface area (Å²) in [5, 5.41) is 11.2. The van der Waals surface area contributed by atoms with Gasteiger partial charge in [-0.2, -0.15) is 0 Å². The minimum Gasteiger partial charge on any atom is -0.454 e. The van der Waals surface area contributed by atoms with Crippen LogP contribution in [0.25, 0.3) is 121 Å². The largest absolute Gasteiger partial charge is 0.454 e. The third-order valence-electron chi connectivity index (χ3n) is 16.9. The topological polar surface area (TPSA) is 32.8 Å². The molecule has 16 rings (SSSR count). The van der Waals surface area contributed by atoms with Crippen molar-refractivity contribution in [3.05, 3.63) is 290 Å². The quantitative estimate of drug-likeness (QED) is 0.128. The summed E-state index contributed by atoms with van der Waals surface area (Å²) in [4.78, 5) is 4.92. The first-order chi connectivity index (χ1) is 40.5. The van der Waals surface area contributed by atoms with Gasteiger partial charge in [0.05, 0.1) is 22.7 Å². The van der Waals surface area contributed by atoms with E-state index in [0.717, 1.165) is 122 Å². The van der Waals surface area contributed by atoms with Gasteiger partial charge < -0.3 is 18.6 Å². The molecular formula is C78H52N2O2. The van der Waals surface area contributed by atoms with E-state index < -0.39 is 0 Å². The van der Waals surface area contributed by atoms with Crippen LogP contribution in [0.5, 0.6) is 0 Å². The molecule has 0 bridgehead atoms. The Bertz CT molecular complexity index is 4800. The predicted molar refractivity (Wildman–Crippen MR) is 345 cm³/mol. The monoisotopic (exact) mass is 1050 g/mol. The van der Waals surface area contributed by atoms with Crippen LogP contribution in [-0.4, -0.2) is 0 Å². The number of nitrogens with zero attached hydrogens (tertiary/aromatic N) is 2. The van der Waals surface area contributed by atoms with Crippen molar-refractivity contribution in [1.82, 2.24) is 0 Å². The Labute approximate surface area is 474 Å². The normalized spacial score (nSPS) is 11.8. The third kappa shape index (κ3) is 7.53. The molecule has 0 N–H and O–H groups in total. The van der Waals surface area contributed by atoms with Crippen molar-refractivity contribution in [2.45, 2.75) is 13.8 Å². The van der Waals surface area contributed by atoms with Crippen molar-refractivity contribution >= 4 is 110 Å². The zero-order valence-electron chi connectivity index (χ0n) is 45.3. The Balaban J connectivity index is 1.06. The molecule has 2 heterocycles. The molecule has 82 heavy (non-hydrogen) atoms. The van der Waals surface area contributed by atoms with E-state index in [1.54, 1.807) is 0 Å². The van der Waals surface area contributed by atoms with E-state index >= 15 is 0 Å². The first kappa shape index (κ1) is 47.3. The van der Waals surface area contributed by atoms with Crippen LogP contribution in [0.4, 0.5) is 34.1 Å². The van der Waals surface area contributed by atoms with Gasteiger partial charge in [-0.3, -0.25) is 0 Å². The van der Waals surface area contributed by atoms with Crippen molar-refractivity contribution < 1.29 is 8.83 Å². The highest BCUT2D eigenvalue weighted by atomic mass is 16.3. The zero-order chi connectivity index (χ0) is 54.4. The van der Waals surface area contributed by atoms with E-state index in [4.69, 9.17) is 8.83 Å². The van der Waals surface area contributed by atoms with Gasteiger partial charge in [-0.1, -0.05) is 218 Å². The number of fused-ring (bicyclic) bond motifs is 6. The van der Waals surface area contributed by atoms with E-state index in [0.29, 0.717) is 0 Å². The molecule has 0 aliphatic heterocycles. The lowest BCUT2D eigenvalue weighted by molar-refractivity contribution is 0.669. The number of anilines is 6. The summed E-state index contributed by atoms with van der Waals surface area (Å²) in [6, 6.07) is 101. The van der Waals surface area contributed by atoms with Crippen molar-refractivity contribution in [3.63, 3.8) is 0 Å². The second-order valence-corrected chi connectivity index (χ2v) is 21.6. The van der Waals surface area contributed by atoms with E-state index in [1.165, 1.54) is 43.8 Å². The molecular weight excluding hydrogens is 997 g/mol. The van der Waals surface area contributed by atoms with Crippen LogP contribution in [-0.2, 0) is 0 Å². The van der Waals surface area contributed by atoms with Crippen LogP contribution in [0.15, 0.2) is 288 Å². The van der Waals surface area contributed by atoms with Crippen molar-refractivity contribution in [3.8, 4) is 44.5 Å². The van der Waals surface area contributed by atoms with Gasteiger partial charge in [-0.15, -0.1) is 0 Å². The smallest absolute Gasteiger partial charge is 0.159 e. The average Bonchev–Trinajstić information content (AvgIpc) is 3.84. The summed E-state index contributed by atoms with van der Waals surface area (Å²) < 4.78 is 14.0. The zero-order valence-corrected chi connectivity index (χ0v) is 45.3. The van der Waals surface area contributed by atoms with Crippen LogP contribution >= 0.6 is 0 Å². The molecule has 4 heteroatoms. The van der Waals surface area contributed by atoms with Crippen molar-refractivity contribution in [2.75, 3.05) is 9.80 Å². The number of benzene rings is 14. The molecule has 0 aliphatic carbocycles. The summed E-state index contributed by atoms with van der Waals surface area (Å²) in [7, 11) is 0. The molecule has 0 fully saturated rings. The molecule has 16 aromatic rings. The maximum atomic E-state index is 7.02. The fourth-order valence-electron chi connectivity index (χ4n) is 13.0. The van der Waals surface area contributed by atoms with Gasteiger partial charge in [0, 0.05) is 54.5 Å². The molecule has 0 radical (unpaired) electrons. The van der Waals surface area contributed by atoms with E-state index in [1.807, 2.05) is 0 Å². The fraction of sp³-hybridized carbons (Fsp3) is 0.0256. The highest BCUT2D eigenvalue weighted by Crippen LogP contribution is 2.54. The molecule has 386 valence electrons. The summed E-state index contributed by atoms with van der Waals surface area (Å²) in [6.07, 6.45) is 0. The molecule has 0 spiro atoms. The molecule has 0 aliphatic rings. The van der Waals surface area contributed by atoms with Crippen LogP contribution in [0, 0.1) is 13.8 Å². The fourth-order valence-corrected chi connectivity index (χ4v) is 13.0. The van der Waals surface area contributed by atoms with Crippen molar-refractivity contribution in [2.24, 2.45) is 0 Å². The molecule has 14 aromatic carbocycles. The first-order valence-corrected chi connectivity index (χ1v) is 28.1. The van der Waals surface area contributed by atoms with E-state index in [-0.39, 0.29) is 0 Å². The Morgan fingerprint density at radius 3 is 0.988 bits per heavy atom. The number of hydrogen-bond acceptors (Lipinski definition) is 4. The maximum Gasteiger partial charge on any atom is 0.159 e.